The first-order valence-corrected chi connectivity index (χ1v) is 5.36. The molecule has 0 fully saturated rings. The Kier molecular flexibility index (Phi) is 3.45. The molecule has 4 nitrogen and oxygen atoms in total. The van der Waals surface area contributed by atoms with E-state index in [4.69, 9.17) is 4.74 Å². The molecule has 1 N–H and O–H groups in total. The van der Waals surface area contributed by atoms with Crippen molar-refractivity contribution >= 4 is 11.9 Å². The van der Waals surface area contributed by atoms with Crippen LogP contribution in [0.25, 0.3) is 6.20 Å². The molecule has 2 rings (SSSR count). The smallest absolute Gasteiger partial charge is 0.141 e. The fourth-order valence-corrected chi connectivity index (χ4v) is 1.56. The summed E-state index contributed by atoms with van der Waals surface area (Å²) >= 11 is 0. The molecule has 0 atom stereocenters. The summed E-state index contributed by atoms with van der Waals surface area (Å²) in [5.74, 6) is 0.837. The highest BCUT2D eigenvalue weighted by Gasteiger charge is 2.01. The van der Waals surface area contributed by atoms with Crippen LogP contribution < -0.4 is 10.1 Å². The predicted molar refractivity (Wildman–Crippen MR) is 68.9 cm³/mol. The van der Waals surface area contributed by atoms with Crippen molar-refractivity contribution in [1.29, 1.82) is 0 Å². The van der Waals surface area contributed by atoms with E-state index < -0.39 is 0 Å². The van der Waals surface area contributed by atoms with Gasteiger partial charge in [0.2, 0.25) is 0 Å². The number of rotatable bonds is 5. The summed E-state index contributed by atoms with van der Waals surface area (Å²) < 4.78 is 6.94. The molecule has 4 heteroatoms. The zero-order valence-electron chi connectivity index (χ0n) is 9.76. The highest BCUT2D eigenvalue weighted by atomic mass is 16.5. The number of anilines is 1. The van der Waals surface area contributed by atoms with Crippen LogP contribution in [0.1, 0.15) is 5.56 Å². The number of hydrogen-bond donors (Lipinski definition) is 1. The Morgan fingerprint density at radius 2 is 2.29 bits per heavy atom. The first-order chi connectivity index (χ1) is 8.33. The van der Waals surface area contributed by atoms with Gasteiger partial charge >= 0.3 is 0 Å². The average Bonchev–Trinajstić information content (AvgIpc) is 2.84. The quantitative estimate of drug-likeness (QED) is 0.856. The van der Waals surface area contributed by atoms with Crippen molar-refractivity contribution in [2.24, 2.45) is 0 Å². The fraction of sp³-hybridized carbons (Fsp3) is 0.154. The second kappa shape index (κ2) is 5.21. The molecular weight excluding hydrogens is 214 g/mol. The van der Waals surface area contributed by atoms with Gasteiger partial charge in [0, 0.05) is 24.5 Å². The van der Waals surface area contributed by atoms with Crippen molar-refractivity contribution < 1.29 is 4.74 Å². The number of para-hydroxylation sites is 2. The van der Waals surface area contributed by atoms with E-state index >= 15 is 0 Å². The monoisotopic (exact) mass is 229 g/mol. The van der Waals surface area contributed by atoms with E-state index in [-0.39, 0.29) is 0 Å². The molecule has 17 heavy (non-hydrogen) atoms. The molecule has 0 aliphatic carbocycles. The molecule has 0 saturated carbocycles. The van der Waals surface area contributed by atoms with E-state index in [1.807, 2.05) is 36.7 Å². The maximum atomic E-state index is 5.26. The van der Waals surface area contributed by atoms with Crippen molar-refractivity contribution in [3.63, 3.8) is 0 Å². The van der Waals surface area contributed by atoms with E-state index in [1.165, 1.54) is 0 Å². The molecule has 0 saturated heterocycles. The van der Waals surface area contributed by atoms with Crippen LogP contribution in [0.3, 0.4) is 0 Å². The molecule has 0 unspecified atom stereocenters. The molecule has 0 bridgehead atoms. The molecule has 0 aliphatic rings. The van der Waals surface area contributed by atoms with Crippen LogP contribution >= 0.6 is 0 Å². The summed E-state index contributed by atoms with van der Waals surface area (Å²) in [6.07, 6.45) is 5.39. The van der Waals surface area contributed by atoms with Gasteiger partial charge in [-0.25, -0.2) is 4.68 Å². The minimum absolute atomic E-state index is 0.703. The third-order valence-electron chi connectivity index (χ3n) is 2.43. The number of benzene rings is 1. The van der Waals surface area contributed by atoms with E-state index in [1.54, 1.807) is 18.0 Å². The summed E-state index contributed by atoms with van der Waals surface area (Å²) in [5, 5.41) is 7.42. The molecule has 0 radical (unpaired) electrons. The zero-order chi connectivity index (χ0) is 12.1. The number of nitrogens with zero attached hydrogens (tertiary/aromatic N) is 2. The van der Waals surface area contributed by atoms with Gasteiger partial charge in [0.05, 0.1) is 19.0 Å². The number of ether oxygens (including phenoxy) is 1. The lowest BCUT2D eigenvalue weighted by atomic mass is 10.2. The molecule has 1 heterocycles. The van der Waals surface area contributed by atoms with Gasteiger partial charge in [-0.1, -0.05) is 18.7 Å². The summed E-state index contributed by atoms with van der Waals surface area (Å²) in [6.45, 7) is 4.35. The standard InChI is InChI=1S/C13H15N3O/c1-3-16-10-11(9-15-16)8-14-12-6-4-5-7-13(12)17-2/h3-7,9-10,14H,1,8H2,2H3. The van der Waals surface area contributed by atoms with E-state index in [2.05, 4.69) is 17.0 Å². The third-order valence-corrected chi connectivity index (χ3v) is 2.43. The number of hydrogen-bond acceptors (Lipinski definition) is 3. The Morgan fingerprint density at radius 1 is 1.47 bits per heavy atom. The van der Waals surface area contributed by atoms with Crippen LogP contribution in [-0.4, -0.2) is 16.9 Å². The van der Waals surface area contributed by atoms with Crippen molar-refractivity contribution in [2.45, 2.75) is 6.54 Å². The van der Waals surface area contributed by atoms with Gasteiger partial charge in [-0.15, -0.1) is 0 Å². The van der Waals surface area contributed by atoms with Gasteiger partial charge in [-0.2, -0.15) is 5.10 Å². The Hall–Kier alpha value is -2.23. The molecule has 1 aromatic carbocycles. The average molecular weight is 229 g/mol. The molecule has 2 aromatic rings. The van der Waals surface area contributed by atoms with Crippen LogP contribution in [-0.2, 0) is 6.54 Å². The van der Waals surface area contributed by atoms with E-state index in [0.29, 0.717) is 6.54 Å². The SMILES string of the molecule is C=Cn1cc(CNc2ccccc2OC)cn1. The Morgan fingerprint density at radius 3 is 3.00 bits per heavy atom. The molecule has 0 aliphatic heterocycles. The van der Waals surface area contributed by atoms with Crippen molar-refractivity contribution in [1.82, 2.24) is 9.78 Å². The van der Waals surface area contributed by atoms with Crippen LogP contribution in [0.15, 0.2) is 43.2 Å². The largest absolute Gasteiger partial charge is 0.495 e. The van der Waals surface area contributed by atoms with E-state index in [0.717, 1.165) is 17.0 Å². The fourth-order valence-electron chi connectivity index (χ4n) is 1.56. The van der Waals surface area contributed by atoms with Gasteiger partial charge in [-0.3, -0.25) is 0 Å². The second-order valence-electron chi connectivity index (χ2n) is 3.57. The van der Waals surface area contributed by atoms with Gasteiger partial charge < -0.3 is 10.1 Å². The molecular formula is C13H15N3O. The van der Waals surface area contributed by atoms with Crippen molar-refractivity contribution in [2.75, 3.05) is 12.4 Å². The normalized spacial score (nSPS) is 9.94. The molecule has 0 spiro atoms. The summed E-state index contributed by atoms with van der Waals surface area (Å²) in [6, 6.07) is 7.82. The van der Waals surface area contributed by atoms with Gasteiger partial charge in [-0.05, 0) is 12.1 Å². The zero-order valence-corrected chi connectivity index (χ0v) is 9.76. The minimum Gasteiger partial charge on any atom is -0.495 e. The van der Waals surface area contributed by atoms with Crippen LogP contribution in [0.4, 0.5) is 5.69 Å². The predicted octanol–water partition coefficient (Wildman–Crippen LogP) is 2.60. The van der Waals surface area contributed by atoms with Crippen LogP contribution in [0.5, 0.6) is 5.75 Å². The first kappa shape index (κ1) is 11.3. The van der Waals surface area contributed by atoms with Crippen molar-refractivity contribution in [3.8, 4) is 5.75 Å². The first-order valence-electron chi connectivity index (χ1n) is 5.36. The van der Waals surface area contributed by atoms with Gasteiger partial charge in [0.25, 0.3) is 0 Å². The number of aromatic nitrogens is 2. The van der Waals surface area contributed by atoms with Gasteiger partial charge in [0.15, 0.2) is 0 Å². The minimum atomic E-state index is 0.703. The Balaban J connectivity index is 2.04. The van der Waals surface area contributed by atoms with Gasteiger partial charge in [0.1, 0.15) is 5.75 Å². The molecule has 88 valence electrons. The lowest BCUT2D eigenvalue weighted by molar-refractivity contribution is 0.416. The Bertz CT molecular complexity index is 505. The molecule has 1 aromatic heterocycles. The maximum Gasteiger partial charge on any atom is 0.141 e. The lowest BCUT2D eigenvalue weighted by Crippen LogP contribution is -2.00. The second-order valence-corrected chi connectivity index (χ2v) is 3.57. The third kappa shape index (κ3) is 2.66. The number of nitrogens with one attached hydrogen (secondary N) is 1. The summed E-state index contributed by atoms with van der Waals surface area (Å²) in [4.78, 5) is 0. The highest BCUT2D eigenvalue weighted by molar-refractivity contribution is 5.56. The number of methoxy groups -OCH3 is 1. The highest BCUT2D eigenvalue weighted by Crippen LogP contribution is 2.23. The van der Waals surface area contributed by atoms with Crippen LogP contribution in [0, 0.1) is 0 Å². The Labute approximate surface area is 101 Å². The summed E-state index contributed by atoms with van der Waals surface area (Å²) in [7, 11) is 1.66. The maximum absolute atomic E-state index is 5.26. The lowest BCUT2D eigenvalue weighted by Gasteiger charge is -2.09. The van der Waals surface area contributed by atoms with Crippen LogP contribution in [0.2, 0.25) is 0 Å². The summed E-state index contributed by atoms with van der Waals surface area (Å²) in [5.41, 5.74) is 2.07. The topological polar surface area (TPSA) is 39.1 Å². The van der Waals surface area contributed by atoms with Crippen molar-refractivity contribution in [3.05, 3.63) is 48.8 Å². The molecule has 0 amide bonds. The van der Waals surface area contributed by atoms with E-state index in [9.17, 15) is 0 Å².